The Morgan fingerprint density at radius 1 is 1.44 bits per heavy atom. The highest BCUT2D eigenvalue weighted by Gasteiger charge is 2.28. The molecule has 1 atom stereocenters. The Balaban J connectivity index is 1.54. The minimum absolute atomic E-state index is 0.0661. The number of nitrogens with one attached hydrogen (secondary N) is 1. The predicted octanol–water partition coefficient (Wildman–Crippen LogP) is 2.44. The summed E-state index contributed by atoms with van der Waals surface area (Å²) in [5, 5.41) is 16.6. The molecule has 1 aromatic carbocycles. The maximum atomic E-state index is 12.4. The Labute approximate surface area is 148 Å². The van der Waals surface area contributed by atoms with Crippen LogP contribution in [0.2, 0.25) is 0 Å². The Bertz CT molecular complexity index is 985. The van der Waals surface area contributed by atoms with Crippen LogP contribution in [0.25, 0.3) is 21.5 Å². The molecule has 0 radical (unpaired) electrons. The standard InChI is InChI=1S/C17H16N6OS/c1-22-14(4-6-19-22)11-2-3-13-15(8-11)25-17(20-13)21-16(24)12-5-7-23(9-12)10-18/h2-4,6,8,12H,5,7,9H2,1H3,(H,20,21,24)/t12-/m0/s1. The van der Waals surface area contributed by atoms with Crippen molar-refractivity contribution in [3.63, 3.8) is 0 Å². The molecule has 1 aliphatic rings. The van der Waals surface area contributed by atoms with Crippen molar-refractivity contribution in [2.24, 2.45) is 13.0 Å². The molecule has 1 saturated heterocycles. The number of amides is 1. The second-order valence-corrected chi connectivity index (χ2v) is 7.09. The quantitative estimate of drug-likeness (QED) is 0.732. The second kappa shape index (κ2) is 6.18. The molecule has 0 spiro atoms. The van der Waals surface area contributed by atoms with E-state index in [0.29, 0.717) is 24.6 Å². The summed E-state index contributed by atoms with van der Waals surface area (Å²) in [7, 11) is 1.91. The first kappa shape index (κ1) is 15.6. The fourth-order valence-corrected chi connectivity index (χ4v) is 3.98. The summed E-state index contributed by atoms with van der Waals surface area (Å²) in [6.45, 7) is 1.13. The van der Waals surface area contributed by atoms with Gasteiger partial charge in [0.15, 0.2) is 11.3 Å². The predicted molar refractivity (Wildman–Crippen MR) is 95.7 cm³/mol. The summed E-state index contributed by atoms with van der Waals surface area (Å²) in [6, 6.07) is 7.99. The number of carbonyl (C=O) groups is 1. The molecular formula is C17H16N6OS. The van der Waals surface area contributed by atoms with Crippen LogP contribution in [0, 0.1) is 17.4 Å². The number of nitriles is 1. The van der Waals surface area contributed by atoms with Crippen LogP contribution in [-0.2, 0) is 11.8 Å². The van der Waals surface area contributed by atoms with E-state index in [2.05, 4.69) is 27.7 Å². The van der Waals surface area contributed by atoms with Crippen molar-refractivity contribution in [1.29, 1.82) is 5.26 Å². The number of thiazole rings is 1. The third-order valence-corrected chi connectivity index (χ3v) is 5.37. The molecule has 1 fully saturated rings. The van der Waals surface area contributed by atoms with Gasteiger partial charge in [-0.25, -0.2) is 4.98 Å². The van der Waals surface area contributed by atoms with Gasteiger partial charge >= 0.3 is 0 Å². The number of rotatable bonds is 3. The molecule has 1 aliphatic heterocycles. The van der Waals surface area contributed by atoms with Crippen molar-refractivity contribution in [1.82, 2.24) is 19.7 Å². The lowest BCUT2D eigenvalue weighted by Gasteiger charge is -2.08. The fourth-order valence-electron chi connectivity index (χ4n) is 3.07. The average Bonchev–Trinajstić information content (AvgIpc) is 3.32. The highest BCUT2D eigenvalue weighted by atomic mass is 32.1. The summed E-state index contributed by atoms with van der Waals surface area (Å²) in [4.78, 5) is 18.5. The lowest BCUT2D eigenvalue weighted by atomic mass is 10.1. The van der Waals surface area contributed by atoms with Crippen molar-refractivity contribution in [3.05, 3.63) is 30.5 Å². The first-order valence-corrected chi connectivity index (χ1v) is 8.80. The Hall–Kier alpha value is -2.92. The molecule has 7 nitrogen and oxygen atoms in total. The van der Waals surface area contributed by atoms with Crippen molar-refractivity contribution in [3.8, 4) is 17.5 Å². The lowest BCUT2D eigenvalue weighted by molar-refractivity contribution is -0.119. The van der Waals surface area contributed by atoms with Crippen LogP contribution in [-0.4, -0.2) is 38.7 Å². The largest absolute Gasteiger partial charge is 0.310 e. The normalized spacial score (nSPS) is 17.0. The van der Waals surface area contributed by atoms with Crippen molar-refractivity contribution in [2.45, 2.75) is 6.42 Å². The number of aromatic nitrogens is 3. The molecule has 0 bridgehead atoms. The average molecular weight is 352 g/mol. The van der Waals surface area contributed by atoms with Crippen LogP contribution in [0.15, 0.2) is 30.5 Å². The first-order valence-electron chi connectivity index (χ1n) is 7.98. The highest BCUT2D eigenvalue weighted by Crippen LogP contribution is 2.31. The van der Waals surface area contributed by atoms with E-state index in [4.69, 9.17) is 5.26 Å². The van der Waals surface area contributed by atoms with Gasteiger partial charge in [0.1, 0.15) is 0 Å². The maximum Gasteiger partial charge on any atom is 0.231 e. The van der Waals surface area contributed by atoms with E-state index in [1.54, 1.807) is 11.1 Å². The topological polar surface area (TPSA) is 86.8 Å². The summed E-state index contributed by atoms with van der Waals surface area (Å²) < 4.78 is 2.84. The van der Waals surface area contributed by atoms with Gasteiger partial charge in [0.05, 0.1) is 21.8 Å². The number of aryl methyl sites for hydroxylation is 1. The third kappa shape index (κ3) is 2.94. The van der Waals surface area contributed by atoms with Crippen molar-refractivity contribution in [2.75, 3.05) is 18.4 Å². The number of hydrogen-bond donors (Lipinski definition) is 1. The molecule has 3 heterocycles. The molecule has 126 valence electrons. The second-order valence-electron chi connectivity index (χ2n) is 6.06. The van der Waals surface area contributed by atoms with Gasteiger partial charge in [-0.3, -0.25) is 9.48 Å². The van der Waals surface area contributed by atoms with Crippen molar-refractivity contribution < 1.29 is 4.79 Å². The molecule has 3 aromatic rings. The van der Waals surface area contributed by atoms with Gasteiger partial charge in [0.25, 0.3) is 0 Å². The van der Waals surface area contributed by atoms with Gasteiger partial charge in [0.2, 0.25) is 5.91 Å². The van der Waals surface area contributed by atoms with E-state index < -0.39 is 0 Å². The van der Waals surface area contributed by atoms with E-state index in [-0.39, 0.29) is 11.8 Å². The Kier molecular flexibility index (Phi) is 3.86. The van der Waals surface area contributed by atoms with Crippen LogP contribution in [0.4, 0.5) is 5.13 Å². The smallest absolute Gasteiger partial charge is 0.231 e. The molecule has 25 heavy (non-hydrogen) atoms. The number of carbonyl (C=O) groups excluding carboxylic acids is 1. The fraction of sp³-hybridized carbons (Fsp3) is 0.294. The van der Waals surface area contributed by atoms with Gasteiger partial charge < -0.3 is 10.2 Å². The SMILES string of the molecule is Cn1nccc1-c1ccc2nc(NC(=O)[C@H]3CCN(C#N)C3)sc2c1. The number of anilines is 1. The molecule has 0 aliphatic carbocycles. The maximum absolute atomic E-state index is 12.4. The lowest BCUT2D eigenvalue weighted by Crippen LogP contribution is -2.25. The van der Waals surface area contributed by atoms with Crippen LogP contribution in [0.5, 0.6) is 0 Å². The minimum atomic E-state index is -0.156. The summed E-state index contributed by atoms with van der Waals surface area (Å²) >= 11 is 1.46. The number of fused-ring (bicyclic) bond motifs is 1. The Morgan fingerprint density at radius 2 is 2.32 bits per heavy atom. The third-order valence-electron chi connectivity index (χ3n) is 4.44. The molecule has 0 saturated carbocycles. The van der Waals surface area contributed by atoms with E-state index >= 15 is 0 Å². The van der Waals surface area contributed by atoms with E-state index in [0.717, 1.165) is 21.5 Å². The molecule has 1 N–H and O–H groups in total. The number of nitrogens with zero attached hydrogens (tertiary/aromatic N) is 5. The zero-order valence-electron chi connectivity index (χ0n) is 13.6. The molecule has 4 rings (SSSR count). The number of benzene rings is 1. The van der Waals surface area contributed by atoms with E-state index in [9.17, 15) is 4.79 Å². The highest BCUT2D eigenvalue weighted by molar-refractivity contribution is 7.22. The zero-order valence-corrected chi connectivity index (χ0v) is 14.5. The van der Waals surface area contributed by atoms with Gasteiger partial charge in [-0.2, -0.15) is 10.4 Å². The molecular weight excluding hydrogens is 336 g/mol. The van der Waals surface area contributed by atoms with Crippen LogP contribution < -0.4 is 5.32 Å². The van der Waals surface area contributed by atoms with Crippen LogP contribution in [0.3, 0.4) is 0 Å². The van der Waals surface area contributed by atoms with Gasteiger partial charge in [-0.15, -0.1) is 0 Å². The van der Waals surface area contributed by atoms with E-state index in [1.165, 1.54) is 11.3 Å². The van der Waals surface area contributed by atoms with Gasteiger partial charge in [-0.1, -0.05) is 17.4 Å². The van der Waals surface area contributed by atoms with Gasteiger partial charge in [-0.05, 0) is 24.6 Å². The minimum Gasteiger partial charge on any atom is -0.310 e. The van der Waals surface area contributed by atoms with E-state index in [1.807, 2.05) is 29.9 Å². The number of likely N-dealkylation sites (tertiary alicyclic amines) is 1. The summed E-state index contributed by atoms with van der Waals surface area (Å²) in [5.41, 5.74) is 2.95. The summed E-state index contributed by atoms with van der Waals surface area (Å²) in [5.74, 6) is -0.222. The first-order chi connectivity index (χ1) is 12.1. The Morgan fingerprint density at radius 3 is 3.04 bits per heavy atom. The molecule has 8 heteroatoms. The number of hydrogen-bond acceptors (Lipinski definition) is 6. The van der Waals surface area contributed by atoms with Crippen LogP contribution in [0.1, 0.15) is 6.42 Å². The molecule has 2 aromatic heterocycles. The molecule has 1 amide bonds. The van der Waals surface area contributed by atoms with Crippen molar-refractivity contribution >= 4 is 32.6 Å². The van der Waals surface area contributed by atoms with Gasteiger partial charge in [0, 0.05) is 31.9 Å². The zero-order chi connectivity index (χ0) is 17.4. The van der Waals surface area contributed by atoms with Crippen LogP contribution >= 0.6 is 11.3 Å². The summed E-state index contributed by atoms with van der Waals surface area (Å²) in [6.07, 6.45) is 4.56. The molecule has 0 unspecified atom stereocenters. The monoisotopic (exact) mass is 352 g/mol.